The van der Waals surface area contributed by atoms with E-state index in [1.807, 2.05) is 24.3 Å². The van der Waals surface area contributed by atoms with E-state index in [9.17, 15) is 0 Å². The normalized spacial score (nSPS) is 18.7. The van der Waals surface area contributed by atoms with Gasteiger partial charge in [-0.1, -0.05) is 6.58 Å². The smallest absolute Gasteiger partial charge is 0.0414 e. The first-order chi connectivity index (χ1) is 4.61. The molecular formula is C7H7BrIN. The highest BCUT2D eigenvalue weighted by Gasteiger charge is 2.08. The van der Waals surface area contributed by atoms with Crippen molar-refractivity contribution in [2.24, 2.45) is 0 Å². The van der Waals surface area contributed by atoms with E-state index in [2.05, 4.69) is 45.1 Å². The summed E-state index contributed by atoms with van der Waals surface area (Å²) in [4.78, 5) is 2.00. The summed E-state index contributed by atoms with van der Waals surface area (Å²) < 4.78 is 2.23. The first-order valence-electron chi connectivity index (χ1n) is 2.77. The molecule has 0 saturated heterocycles. The van der Waals surface area contributed by atoms with Gasteiger partial charge in [0, 0.05) is 27.5 Å². The van der Waals surface area contributed by atoms with Crippen molar-refractivity contribution in [3.63, 3.8) is 0 Å². The van der Waals surface area contributed by atoms with E-state index in [0.29, 0.717) is 0 Å². The van der Waals surface area contributed by atoms with E-state index in [1.165, 1.54) is 3.58 Å². The Labute approximate surface area is 82.7 Å². The minimum atomic E-state index is 1.05. The summed E-state index contributed by atoms with van der Waals surface area (Å²) in [5.74, 6) is 0. The molecule has 1 heterocycles. The van der Waals surface area contributed by atoms with Crippen LogP contribution in [0.5, 0.6) is 0 Å². The molecule has 0 bridgehead atoms. The quantitative estimate of drug-likeness (QED) is 0.622. The maximum Gasteiger partial charge on any atom is 0.0414 e. The van der Waals surface area contributed by atoms with Crippen LogP contribution in [0.25, 0.3) is 0 Å². The lowest BCUT2D eigenvalue weighted by molar-refractivity contribution is 0.618. The molecule has 0 unspecified atom stereocenters. The van der Waals surface area contributed by atoms with Crippen LogP contribution in [0.4, 0.5) is 0 Å². The van der Waals surface area contributed by atoms with Gasteiger partial charge in [-0.15, -0.1) is 0 Å². The Balaban J connectivity index is 2.94. The van der Waals surface area contributed by atoms with Gasteiger partial charge in [0.25, 0.3) is 0 Å². The van der Waals surface area contributed by atoms with E-state index in [1.54, 1.807) is 0 Å². The van der Waals surface area contributed by atoms with Gasteiger partial charge in [-0.2, -0.15) is 0 Å². The van der Waals surface area contributed by atoms with E-state index in [4.69, 9.17) is 0 Å². The second-order valence-electron chi connectivity index (χ2n) is 2.10. The largest absolute Gasteiger partial charge is 0.355 e. The molecular weight excluding hydrogens is 305 g/mol. The molecule has 1 rings (SSSR count). The van der Waals surface area contributed by atoms with Gasteiger partial charge in [0.1, 0.15) is 0 Å². The van der Waals surface area contributed by atoms with Gasteiger partial charge < -0.3 is 4.90 Å². The zero-order valence-electron chi connectivity index (χ0n) is 5.56. The van der Waals surface area contributed by atoms with Gasteiger partial charge in [-0.3, -0.25) is 0 Å². The van der Waals surface area contributed by atoms with Gasteiger partial charge in [0.05, 0.1) is 0 Å². The molecule has 0 saturated carbocycles. The molecule has 0 amide bonds. The lowest BCUT2D eigenvalue weighted by Crippen LogP contribution is -2.06. The van der Waals surface area contributed by atoms with Crippen LogP contribution in [0.1, 0.15) is 0 Å². The lowest BCUT2D eigenvalue weighted by Gasteiger charge is -2.17. The Hall–Kier alpha value is 0.230. The number of halogens is 2. The van der Waals surface area contributed by atoms with Crippen molar-refractivity contribution in [3.8, 4) is 0 Å². The molecule has 0 spiro atoms. The van der Waals surface area contributed by atoms with E-state index in [0.717, 1.165) is 10.1 Å². The predicted octanol–water partition coefficient (Wildman–Crippen LogP) is 3.00. The third-order valence-corrected chi connectivity index (χ3v) is 2.82. The fourth-order valence-corrected chi connectivity index (χ4v) is 2.30. The highest BCUT2D eigenvalue weighted by atomic mass is 127. The number of nitrogens with zero attached hydrogens (tertiary/aromatic N) is 1. The van der Waals surface area contributed by atoms with Crippen LogP contribution in [0.3, 0.4) is 0 Å². The molecule has 0 fully saturated rings. The van der Waals surface area contributed by atoms with Gasteiger partial charge >= 0.3 is 0 Å². The van der Waals surface area contributed by atoms with Crippen LogP contribution < -0.4 is 0 Å². The van der Waals surface area contributed by atoms with Gasteiger partial charge in [0.15, 0.2) is 0 Å². The predicted molar refractivity (Wildman–Crippen MR) is 56.0 cm³/mol. The second kappa shape index (κ2) is 3.09. The fraction of sp³-hybridized carbons (Fsp3) is 0.143. The van der Waals surface area contributed by atoms with Crippen molar-refractivity contribution in [2.45, 2.75) is 0 Å². The lowest BCUT2D eigenvalue weighted by atomic mass is 10.2. The zero-order valence-corrected chi connectivity index (χ0v) is 9.31. The first kappa shape index (κ1) is 8.33. The maximum absolute atomic E-state index is 3.89. The number of rotatable bonds is 0. The molecule has 0 N–H and O–H groups in total. The van der Waals surface area contributed by atoms with Crippen LogP contribution in [0.15, 0.2) is 32.6 Å². The first-order valence-corrected chi connectivity index (χ1v) is 4.64. The van der Waals surface area contributed by atoms with Crippen molar-refractivity contribution in [2.75, 3.05) is 7.05 Å². The van der Waals surface area contributed by atoms with Crippen LogP contribution >= 0.6 is 38.5 Å². The monoisotopic (exact) mass is 311 g/mol. The van der Waals surface area contributed by atoms with Crippen molar-refractivity contribution in [1.82, 2.24) is 4.90 Å². The van der Waals surface area contributed by atoms with Crippen molar-refractivity contribution < 1.29 is 0 Å². The highest BCUT2D eigenvalue weighted by molar-refractivity contribution is 14.1. The van der Waals surface area contributed by atoms with Crippen LogP contribution in [-0.4, -0.2) is 11.9 Å². The summed E-state index contributed by atoms with van der Waals surface area (Å²) in [6.45, 7) is 3.89. The van der Waals surface area contributed by atoms with E-state index < -0.39 is 0 Å². The second-order valence-corrected chi connectivity index (χ2v) is 4.11. The summed E-state index contributed by atoms with van der Waals surface area (Å²) >= 11 is 5.67. The highest BCUT2D eigenvalue weighted by Crippen LogP contribution is 2.31. The Kier molecular flexibility index (Phi) is 2.57. The average Bonchev–Trinajstić information content (AvgIpc) is 1.82. The van der Waals surface area contributed by atoms with Gasteiger partial charge in [-0.05, 0) is 44.1 Å². The molecule has 0 aromatic carbocycles. The summed E-state index contributed by atoms with van der Waals surface area (Å²) in [5.41, 5.74) is 1.05. The molecule has 0 aliphatic carbocycles. The molecule has 3 heteroatoms. The van der Waals surface area contributed by atoms with Crippen molar-refractivity contribution in [3.05, 3.63) is 32.6 Å². The summed E-state index contributed by atoms with van der Waals surface area (Å²) in [5, 5.41) is 0. The Bertz CT molecular complexity index is 208. The Morgan fingerprint density at radius 3 is 2.70 bits per heavy atom. The maximum atomic E-state index is 3.89. The summed E-state index contributed by atoms with van der Waals surface area (Å²) in [6, 6.07) is 0. The topological polar surface area (TPSA) is 3.24 Å². The van der Waals surface area contributed by atoms with Crippen molar-refractivity contribution >= 4 is 38.5 Å². The third-order valence-electron chi connectivity index (χ3n) is 1.21. The molecule has 1 aliphatic rings. The standard InChI is InChI=1S/C7H7BrIN/c1-5-6(8)3-10(2)4-7(5)9/h3-4H,1H2,2H3. The minimum Gasteiger partial charge on any atom is -0.355 e. The van der Waals surface area contributed by atoms with E-state index >= 15 is 0 Å². The van der Waals surface area contributed by atoms with Gasteiger partial charge in [-0.25, -0.2) is 0 Å². The fourth-order valence-electron chi connectivity index (χ4n) is 0.665. The summed E-state index contributed by atoms with van der Waals surface area (Å²) in [6.07, 6.45) is 4.03. The molecule has 1 aliphatic heterocycles. The molecule has 1 nitrogen and oxygen atoms in total. The molecule has 0 radical (unpaired) electrons. The third kappa shape index (κ3) is 1.63. The SMILES string of the molecule is C=C1C(Br)=CN(C)C=C1I. The minimum absolute atomic E-state index is 1.05. The Morgan fingerprint density at radius 1 is 1.60 bits per heavy atom. The van der Waals surface area contributed by atoms with Crippen LogP contribution in [-0.2, 0) is 0 Å². The molecule has 54 valence electrons. The molecule has 10 heavy (non-hydrogen) atoms. The van der Waals surface area contributed by atoms with Crippen molar-refractivity contribution in [1.29, 1.82) is 0 Å². The van der Waals surface area contributed by atoms with E-state index in [-0.39, 0.29) is 0 Å². The number of allylic oxidation sites excluding steroid dienone is 3. The molecule has 0 aromatic heterocycles. The van der Waals surface area contributed by atoms with Gasteiger partial charge in [0.2, 0.25) is 0 Å². The average molecular weight is 312 g/mol. The summed E-state index contributed by atoms with van der Waals surface area (Å²) in [7, 11) is 1.99. The van der Waals surface area contributed by atoms with Crippen LogP contribution in [0.2, 0.25) is 0 Å². The zero-order chi connectivity index (χ0) is 7.72. The number of hydrogen-bond donors (Lipinski definition) is 0. The molecule has 0 aromatic rings. The Morgan fingerprint density at radius 2 is 2.20 bits per heavy atom. The van der Waals surface area contributed by atoms with Crippen LogP contribution in [0, 0.1) is 0 Å². The number of hydrogen-bond acceptors (Lipinski definition) is 1. The molecule has 0 atom stereocenters.